The van der Waals surface area contributed by atoms with Crippen molar-refractivity contribution in [2.45, 2.75) is 25.6 Å². The van der Waals surface area contributed by atoms with Crippen molar-refractivity contribution in [3.8, 4) is 0 Å². The molecule has 0 saturated carbocycles. The lowest BCUT2D eigenvalue weighted by atomic mass is 10.0. The van der Waals surface area contributed by atoms with Gasteiger partial charge in [0.15, 0.2) is 0 Å². The van der Waals surface area contributed by atoms with Gasteiger partial charge in [-0.25, -0.2) is 0 Å². The summed E-state index contributed by atoms with van der Waals surface area (Å²) in [7, 11) is 0. The first-order chi connectivity index (χ1) is 10.00. The Morgan fingerprint density at radius 2 is 2.24 bits per heavy atom. The molecule has 1 fully saturated rings. The third-order valence-electron chi connectivity index (χ3n) is 3.81. The second-order valence-corrected chi connectivity index (χ2v) is 6.14. The number of anilines is 2. The molecule has 5 nitrogen and oxygen atoms in total. The number of hydrogen-bond acceptors (Lipinski definition) is 5. The third kappa shape index (κ3) is 2.66. The summed E-state index contributed by atoms with van der Waals surface area (Å²) in [5, 5.41) is 10.4. The summed E-state index contributed by atoms with van der Waals surface area (Å²) in [5.74, 6) is 0. The van der Waals surface area contributed by atoms with Crippen LogP contribution in [0.5, 0.6) is 0 Å². The largest absolute Gasteiger partial charge is 0.398 e. The van der Waals surface area contributed by atoms with Crippen molar-refractivity contribution in [1.82, 2.24) is 4.98 Å². The van der Waals surface area contributed by atoms with E-state index in [4.69, 9.17) is 10.5 Å². The molecule has 3 N–H and O–H groups in total. The number of morpholine rings is 1. The predicted molar refractivity (Wildman–Crippen MR) is 84.4 cm³/mol. The second-order valence-electron chi connectivity index (χ2n) is 6.14. The van der Waals surface area contributed by atoms with Gasteiger partial charge in [0.25, 0.3) is 0 Å². The highest BCUT2D eigenvalue weighted by atomic mass is 16.5. The van der Waals surface area contributed by atoms with Crippen molar-refractivity contribution < 1.29 is 9.84 Å². The predicted octanol–water partition coefficient (Wildman–Crippen LogP) is 1.79. The fraction of sp³-hybridized carbons (Fsp3) is 0.438. The molecule has 0 amide bonds. The quantitative estimate of drug-likeness (QED) is 0.824. The van der Waals surface area contributed by atoms with Crippen LogP contribution >= 0.6 is 0 Å². The van der Waals surface area contributed by atoms with E-state index in [2.05, 4.69) is 9.88 Å². The SMILES string of the molecule is CC1(C)CN(c2ccc(N)c3cccnc23)CC(CO)O1. The van der Waals surface area contributed by atoms with Gasteiger partial charge >= 0.3 is 0 Å². The van der Waals surface area contributed by atoms with Crippen molar-refractivity contribution in [2.75, 3.05) is 30.3 Å². The maximum atomic E-state index is 9.46. The number of aliphatic hydroxyl groups is 1. The van der Waals surface area contributed by atoms with Crippen LogP contribution in [0.25, 0.3) is 10.9 Å². The average molecular weight is 287 g/mol. The number of aromatic nitrogens is 1. The van der Waals surface area contributed by atoms with E-state index in [0.717, 1.165) is 28.8 Å². The number of benzene rings is 1. The summed E-state index contributed by atoms with van der Waals surface area (Å²) in [6, 6.07) is 7.79. The number of nitrogen functional groups attached to an aromatic ring is 1. The smallest absolute Gasteiger partial charge is 0.0988 e. The number of rotatable bonds is 2. The number of hydrogen-bond donors (Lipinski definition) is 2. The van der Waals surface area contributed by atoms with Gasteiger partial charge < -0.3 is 20.5 Å². The zero-order chi connectivity index (χ0) is 15.0. The molecule has 1 unspecified atom stereocenters. The van der Waals surface area contributed by atoms with Crippen molar-refractivity contribution in [1.29, 1.82) is 0 Å². The molecule has 1 saturated heterocycles. The van der Waals surface area contributed by atoms with Gasteiger partial charge in [-0.1, -0.05) is 0 Å². The Morgan fingerprint density at radius 1 is 1.43 bits per heavy atom. The number of nitrogens with two attached hydrogens (primary N) is 1. The van der Waals surface area contributed by atoms with Gasteiger partial charge in [-0.15, -0.1) is 0 Å². The van der Waals surface area contributed by atoms with Crippen LogP contribution in [0.15, 0.2) is 30.5 Å². The van der Waals surface area contributed by atoms with Crippen molar-refractivity contribution in [3.05, 3.63) is 30.5 Å². The summed E-state index contributed by atoms with van der Waals surface area (Å²) >= 11 is 0. The zero-order valence-electron chi connectivity index (χ0n) is 12.4. The summed E-state index contributed by atoms with van der Waals surface area (Å²) in [4.78, 5) is 6.71. The topological polar surface area (TPSA) is 71.6 Å². The highest BCUT2D eigenvalue weighted by Gasteiger charge is 2.33. The summed E-state index contributed by atoms with van der Waals surface area (Å²) < 4.78 is 5.87. The second kappa shape index (κ2) is 5.16. The first-order valence-electron chi connectivity index (χ1n) is 7.17. The molecule has 3 rings (SSSR count). The number of nitrogens with zero attached hydrogens (tertiary/aromatic N) is 2. The van der Waals surface area contributed by atoms with E-state index < -0.39 is 0 Å². The minimum Gasteiger partial charge on any atom is -0.398 e. The van der Waals surface area contributed by atoms with Crippen LogP contribution in [0.1, 0.15) is 13.8 Å². The van der Waals surface area contributed by atoms with Crippen LogP contribution in [0.2, 0.25) is 0 Å². The highest BCUT2D eigenvalue weighted by Crippen LogP contribution is 2.32. The molecule has 1 aromatic heterocycles. The summed E-state index contributed by atoms with van der Waals surface area (Å²) in [6.07, 6.45) is 1.59. The Balaban J connectivity index is 2.05. The zero-order valence-corrected chi connectivity index (χ0v) is 12.4. The minimum absolute atomic E-state index is 0.0142. The van der Waals surface area contributed by atoms with Gasteiger partial charge in [0.1, 0.15) is 0 Å². The molecule has 1 aromatic carbocycles. The molecule has 0 radical (unpaired) electrons. The fourth-order valence-corrected chi connectivity index (χ4v) is 3.01. The van der Waals surface area contributed by atoms with Crippen molar-refractivity contribution in [2.24, 2.45) is 0 Å². The van der Waals surface area contributed by atoms with Gasteiger partial charge in [-0.2, -0.15) is 0 Å². The monoisotopic (exact) mass is 287 g/mol. The van der Waals surface area contributed by atoms with Crippen LogP contribution in [-0.4, -0.2) is 41.5 Å². The fourth-order valence-electron chi connectivity index (χ4n) is 3.01. The molecule has 1 atom stereocenters. The highest BCUT2D eigenvalue weighted by molar-refractivity contribution is 5.98. The van der Waals surface area contributed by atoms with Gasteiger partial charge in [0.05, 0.1) is 29.5 Å². The molecule has 112 valence electrons. The van der Waals surface area contributed by atoms with Crippen LogP contribution in [0.4, 0.5) is 11.4 Å². The van der Waals surface area contributed by atoms with E-state index in [-0.39, 0.29) is 18.3 Å². The molecule has 21 heavy (non-hydrogen) atoms. The average Bonchev–Trinajstić information content (AvgIpc) is 2.46. The number of aliphatic hydroxyl groups excluding tert-OH is 1. The number of pyridine rings is 1. The van der Waals surface area contributed by atoms with Crippen molar-refractivity contribution in [3.63, 3.8) is 0 Å². The molecule has 0 bridgehead atoms. The molecular weight excluding hydrogens is 266 g/mol. The van der Waals surface area contributed by atoms with E-state index >= 15 is 0 Å². The van der Waals surface area contributed by atoms with Crippen LogP contribution < -0.4 is 10.6 Å². The van der Waals surface area contributed by atoms with E-state index in [9.17, 15) is 5.11 Å². The molecule has 2 aromatic rings. The summed E-state index contributed by atoms with van der Waals surface area (Å²) in [6.45, 7) is 5.48. The van der Waals surface area contributed by atoms with Crippen LogP contribution in [0, 0.1) is 0 Å². The Kier molecular flexibility index (Phi) is 3.47. The van der Waals surface area contributed by atoms with Crippen LogP contribution in [-0.2, 0) is 4.74 Å². The third-order valence-corrected chi connectivity index (χ3v) is 3.81. The van der Waals surface area contributed by atoms with E-state index in [1.165, 1.54) is 0 Å². The number of ether oxygens (including phenoxy) is 1. The van der Waals surface area contributed by atoms with E-state index in [0.29, 0.717) is 6.54 Å². The van der Waals surface area contributed by atoms with E-state index in [1.54, 1.807) is 6.20 Å². The van der Waals surface area contributed by atoms with Crippen LogP contribution in [0.3, 0.4) is 0 Å². The lowest BCUT2D eigenvalue weighted by Gasteiger charge is -2.43. The Hall–Kier alpha value is -1.85. The first-order valence-corrected chi connectivity index (χ1v) is 7.17. The normalized spacial score (nSPS) is 21.7. The lowest BCUT2D eigenvalue weighted by Crippen LogP contribution is -2.54. The first kappa shape index (κ1) is 14.1. The molecule has 1 aliphatic rings. The summed E-state index contributed by atoms with van der Waals surface area (Å²) in [5.41, 5.74) is 8.39. The molecule has 0 spiro atoms. The van der Waals surface area contributed by atoms with Crippen molar-refractivity contribution >= 4 is 22.3 Å². The Labute approximate surface area is 124 Å². The molecule has 2 heterocycles. The van der Waals surface area contributed by atoms with Gasteiger partial charge in [0.2, 0.25) is 0 Å². The minimum atomic E-state index is -0.311. The Bertz CT molecular complexity index is 657. The van der Waals surface area contributed by atoms with Gasteiger partial charge in [0, 0.05) is 30.4 Å². The molecular formula is C16H21N3O2. The molecule has 0 aliphatic carbocycles. The molecule has 5 heteroatoms. The standard InChI is InChI=1S/C16H21N3O2/c1-16(2)10-19(8-11(9-20)21-16)14-6-5-13(17)12-4-3-7-18-15(12)14/h3-7,11,20H,8-10,17H2,1-2H3. The lowest BCUT2D eigenvalue weighted by molar-refractivity contribution is -0.100. The van der Waals surface area contributed by atoms with E-state index in [1.807, 2.05) is 38.1 Å². The number of fused-ring (bicyclic) bond motifs is 1. The maximum absolute atomic E-state index is 9.46. The maximum Gasteiger partial charge on any atom is 0.0988 e. The molecule has 1 aliphatic heterocycles. The van der Waals surface area contributed by atoms with Gasteiger partial charge in [-0.3, -0.25) is 4.98 Å². The van der Waals surface area contributed by atoms with Gasteiger partial charge in [-0.05, 0) is 38.1 Å². The Morgan fingerprint density at radius 3 is 3.00 bits per heavy atom.